The van der Waals surface area contributed by atoms with Gasteiger partial charge in [0.15, 0.2) is 0 Å². The normalized spacial score (nSPS) is 22.0. The Kier molecular flexibility index (Phi) is 7.18. The quantitative estimate of drug-likeness (QED) is 0.609. The number of piperidine rings is 2. The second kappa shape index (κ2) is 10.6. The molecule has 0 aromatic carbocycles. The van der Waals surface area contributed by atoms with Crippen molar-refractivity contribution in [3.63, 3.8) is 0 Å². The maximum Gasteiger partial charge on any atom is 0.225 e. The van der Waals surface area contributed by atoms with Crippen molar-refractivity contribution >= 4 is 11.9 Å². The molecule has 2 aromatic heterocycles. The molecule has 0 spiro atoms. The van der Waals surface area contributed by atoms with Crippen molar-refractivity contribution in [2.75, 3.05) is 31.1 Å². The number of hydrogen-bond donors (Lipinski definition) is 0. The summed E-state index contributed by atoms with van der Waals surface area (Å²) in [6, 6.07) is 4.06. The molecule has 33 heavy (non-hydrogen) atoms. The number of nitrogens with zero attached hydrogens (tertiary/aromatic N) is 5. The summed E-state index contributed by atoms with van der Waals surface area (Å²) in [6.45, 7) is 3.71. The van der Waals surface area contributed by atoms with Crippen LogP contribution in [0.1, 0.15) is 82.2 Å². The standard InChI is InChI=1S/C27H37N5O/c33-25(13-12-21-8-2-3-9-21)32-17-7-11-23(20-32)26-24(22-10-6-14-28-18-22)19-29-27(30-26)31-15-4-1-5-16-31/h6,10,14,18-19,21,23H,1-5,7-9,11-13,15-17,20H2. The summed E-state index contributed by atoms with van der Waals surface area (Å²) in [5, 5.41) is 0. The van der Waals surface area contributed by atoms with Crippen molar-refractivity contribution in [2.24, 2.45) is 5.92 Å². The molecular weight excluding hydrogens is 410 g/mol. The van der Waals surface area contributed by atoms with Crippen LogP contribution < -0.4 is 4.90 Å². The molecule has 6 heteroatoms. The summed E-state index contributed by atoms with van der Waals surface area (Å²) in [7, 11) is 0. The average Bonchev–Trinajstić information content (AvgIpc) is 3.42. The second-order valence-corrected chi connectivity index (χ2v) is 10.1. The zero-order valence-electron chi connectivity index (χ0n) is 19.8. The van der Waals surface area contributed by atoms with Crippen LogP contribution in [0.25, 0.3) is 11.1 Å². The highest BCUT2D eigenvalue weighted by molar-refractivity contribution is 5.76. The van der Waals surface area contributed by atoms with Gasteiger partial charge in [-0.3, -0.25) is 9.78 Å². The Balaban J connectivity index is 1.36. The number of amides is 1. The first-order chi connectivity index (χ1) is 16.3. The van der Waals surface area contributed by atoms with Crippen molar-refractivity contribution in [3.05, 3.63) is 36.4 Å². The Morgan fingerprint density at radius 1 is 0.970 bits per heavy atom. The third-order valence-corrected chi connectivity index (χ3v) is 7.82. The fraction of sp³-hybridized carbons (Fsp3) is 0.630. The first kappa shape index (κ1) is 22.3. The van der Waals surface area contributed by atoms with Crippen LogP contribution in [0.4, 0.5) is 5.95 Å². The average molecular weight is 448 g/mol. The van der Waals surface area contributed by atoms with Crippen molar-refractivity contribution in [2.45, 2.75) is 76.5 Å². The maximum absolute atomic E-state index is 13.1. The van der Waals surface area contributed by atoms with Gasteiger partial charge in [-0.05, 0) is 50.5 Å². The van der Waals surface area contributed by atoms with Gasteiger partial charge in [0.05, 0.1) is 5.69 Å². The maximum atomic E-state index is 13.1. The summed E-state index contributed by atoms with van der Waals surface area (Å²) in [5.41, 5.74) is 3.21. The molecule has 3 aliphatic rings. The number of carbonyl (C=O) groups is 1. The van der Waals surface area contributed by atoms with Crippen LogP contribution in [-0.2, 0) is 4.79 Å². The number of carbonyl (C=O) groups excluding carboxylic acids is 1. The largest absolute Gasteiger partial charge is 0.342 e. The molecule has 0 N–H and O–H groups in total. The fourth-order valence-corrected chi connectivity index (χ4v) is 5.90. The van der Waals surface area contributed by atoms with E-state index >= 15 is 0 Å². The minimum Gasteiger partial charge on any atom is -0.342 e. The van der Waals surface area contributed by atoms with E-state index in [1.807, 2.05) is 18.5 Å². The molecule has 2 saturated heterocycles. The lowest BCUT2D eigenvalue weighted by molar-refractivity contribution is -0.132. The molecule has 1 aliphatic carbocycles. The van der Waals surface area contributed by atoms with Gasteiger partial charge in [0.25, 0.3) is 0 Å². The molecule has 3 fully saturated rings. The Bertz CT molecular complexity index is 921. The Hall–Kier alpha value is -2.50. The summed E-state index contributed by atoms with van der Waals surface area (Å²) in [6.07, 6.45) is 18.6. The topological polar surface area (TPSA) is 62.2 Å². The zero-order chi connectivity index (χ0) is 22.5. The molecule has 1 amide bonds. The number of rotatable bonds is 6. The van der Waals surface area contributed by atoms with Crippen molar-refractivity contribution < 1.29 is 4.79 Å². The summed E-state index contributed by atoms with van der Waals surface area (Å²) >= 11 is 0. The predicted molar refractivity (Wildman–Crippen MR) is 131 cm³/mol. The van der Waals surface area contributed by atoms with Gasteiger partial charge >= 0.3 is 0 Å². The zero-order valence-corrected chi connectivity index (χ0v) is 19.8. The molecule has 0 bridgehead atoms. The lowest BCUT2D eigenvalue weighted by atomic mass is 9.90. The number of likely N-dealkylation sites (tertiary alicyclic amines) is 1. The highest BCUT2D eigenvalue weighted by atomic mass is 16.2. The van der Waals surface area contributed by atoms with Gasteiger partial charge < -0.3 is 9.80 Å². The lowest BCUT2D eigenvalue weighted by Crippen LogP contribution is -2.39. The smallest absolute Gasteiger partial charge is 0.225 e. The molecular formula is C27H37N5O. The van der Waals surface area contributed by atoms with E-state index in [1.165, 1.54) is 44.9 Å². The van der Waals surface area contributed by atoms with Crippen LogP contribution in [0.15, 0.2) is 30.7 Å². The Labute approximate surface area is 197 Å². The fourth-order valence-electron chi connectivity index (χ4n) is 5.90. The van der Waals surface area contributed by atoms with E-state index in [0.717, 1.165) is 74.1 Å². The van der Waals surface area contributed by atoms with Gasteiger partial charge in [0.1, 0.15) is 0 Å². The third kappa shape index (κ3) is 5.36. The molecule has 0 radical (unpaired) electrons. The van der Waals surface area contributed by atoms with Crippen LogP contribution in [0.2, 0.25) is 0 Å². The summed E-state index contributed by atoms with van der Waals surface area (Å²) in [4.78, 5) is 31.8. The van der Waals surface area contributed by atoms with E-state index in [0.29, 0.717) is 12.3 Å². The summed E-state index contributed by atoms with van der Waals surface area (Å²) in [5.74, 6) is 2.19. The SMILES string of the molecule is O=C(CCC1CCCC1)N1CCCC(c2nc(N3CCCCC3)ncc2-c2cccnc2)C1. The van der Waals surface area contributed by atoms with Gasteiger partial charge in [0.2, 0.25) is 11.9 Å². The molecule has 1 saturated carbocycles. The minimum absolute atomic E-state index is 0.246. The second-order valence-electron chi connectivity index (χ2n) is 10.1. The van der Waals surface area contributed by atoms with Crippen LogP contribution >= 0.6 is 0 Å². The monoisotopic (exact) mass is 447 g/mol. The molecule has 6 nitrogen and oxygen atoms in total. The Morgan fingerprint density at radius 2 is 1.82 bits per heavy atom. The van der Waals surface area contributed by atoms with E-state index in [1.54, 1.807) is 6.20 Å². The van der Waals surface area contributed by atoms with Gasteiger partial charge in [0, 0.05) is 68.2 Å². The number of anilines is 1. The van der Waals surface area contributed by atoms with Crippen molar-refractivity contribution in [1.29, 1.82) is 0 Å². The van der Waals surface area contributed by atoms with Crippen LogP contribution in [0, 0.1) is 5.92 Å². The van der Waals surface area contributed by atoms with E-state index in [2.05, 4.69) is 20.9 Å². The molecule has 2 aromatic rings. The van der Waals surface area contributed by atoms with Gasteiger partial charge in [-0.25, -0.2) is 9.97 Å². The molecule has 4 heterocycles. The lowest BCUT2D eigenvalue weighted by Gasteiger charge is -2.34. The highest BCUT2D eigenvalue weighted by Gasteiger charge is 2.29. The Morgan fingerprint density at radius 3 is 2.61 bits per heavy atom. The van der Waals surface area contributed by atoms with Crippen LogP contribution in [0.5, 0.6) is 0 Å². The minimum atomic E-state index is 0.246. The molecule has 1 atom stereocenters. The van der Waals surface area contributed by atoms with E-state index in [4.69, 9.17) is 9.97 Å². The highest BCUT2D eigenvalue weighted by Crippen LogP contribution is 2.35. The van der Waals surface area contributed by atoms with Crippen molar-refractivity contribution in [1.82, 2.24) is 19.9 Å². The van der Waals surface area contributed by atoms with Crippen LogP contribution in [-0.4, -0.2) is 51.9 Å². The first-order valence-electron chi connectivity index (χ1n) is 13.1. The molecule has 5 rings (SSSR count). The number of aromatic nitrogens is 3. The van der Waals surface area contributed by atoms with Gasteiger partial charge in [-0.1, -0.05) is 31.7 Å². The summed E-state index contributed by atoms with van der Waals surface area (Å²) < 4.78 is 0. The van der Waals surface area contributed by atoms with Gasteiger partial charge in [-0.15, -0.1) is 0 Å². The third-order valence-electron chi connectivity index (χ3n) is 7.82. The first-order valence-corrected chi connectivity index (χ1v) is 13.1. The molecule has 176 valence electrons. The molecule has 2 aliphatic heterocycles. The van der Waals surface area contributed by atoms with Crippen LogP contribution in [0.3, 0.4) is 0 Å². The molecule has 1 unspecified atom stereocenters. The van der Waals surface area contributed by atoms with E-state index < -0.39 is 0 Å². The van der Waals surface area contributed by atoms with Crippen molar-refractivity contribution in [3.8, 4) is 11.1 Å². The predicted octanol–water partition coefficient (Wildman–Crippen LogP) is 5.21. The van der Waals surface area contributed by atoms with Gasteiger partial charge in [-0.2, -0.15) is 0 Å². The van der Waals surface area contributed by atoms with E-state index in [-0.39, 0.29) is 5.92 Å². The number of hydrogen-bond acceptors (Lipinski definition) is 5. The van der Waals surface area contributed by atoms with E-state index in [9.17, 15) is 4.79 Å². The number of pyridine rings is 1.